The highest BCUT2D eigenvalue weighted by Gasteiger charge is 1.85. The van der Waals surface area contributed by atoms with Gasteiger partial charge in [-0.3, -0.25) is 5.43 Å². The van der Waals surface area contributed by atoms with Gasteiger partial charge in [0.1, 0.15) is 0 Å². The number of nitrogens with one attached hydrogen (secondary N) is 2. The summed E-state index contributed by atoms with van der Waals surface area (Å²) in [4.78, 5) is 0. The lowest BCUT2D eigenvalue weighted by Gasteiger charge is -2.05. The van der Waals surface area contributed by atoms with Gasteiger partial charge >= 0.3 is 0 Å². The van der Waals surface area contributed by atoms with Gasteiger partial charge in [-0.25, -0.2) is 0 Å². The summed E-state index contributed by atoms with van der Waals surface area (Å²) in [7, 11) is 0. The lowest BCUT2D eigenvalue weighted by molar-refractivity contribution is 0.758. The van der Waals surface area contributed by atoms with Crippen LogP contribution in [-0.2, 0) is 0 Å². The molecule has 7 heavy (non-hydrogen) atoms. The molecular formula is C4H5BrN2. The Morgan fingerprint density at radius 1 is 1.57 bits per heavy atom. The highest BCUT2D eigenvalue weighted by atomic mass is 79.9. The topological polar surface area (TPSA) is 24.1 Å². The molecular weight excluding hydrogens is 156 g/mol. The van der Waals surface area contributed by atoms with Crippen molar-refractivity contribution in [2.24, 2.45) is 0 Å². The van der Waals surface area contributed by atoms with Gasteiger partial charge < -0.3 is 5.43 Å². The van der Waals surface area contributed by atoms with Crippen LogP contribution in [0.5, 0.6) is 0 Å². The van der Waals surface area contributed by atoms with E-state index >= 15 is 0 Å². The van der Waals surface area contributed by atoms with E-state index < -0.39 is 0 Å². The van der Waals surface area contributed by atoms with Gasteiger partial charge in [-0.1, -0.05) is 0 Å². The first-order chi connectivity index (χ1) is 3.39. The zero-order valence-corrected chi connectivity index (χ0v) is 5.20. The smallest absolute Gasteiger partial charge is 0.0966 e. The Kier molecular flexibility index (Phi) is 1.36. The quantitative estimate of drug-likeness (QED) is 0.514. The van der Waals surface area contributed by atoms with Crippen LogP contribution in [0.25, 0.3) is 0 Å². The maximum atomic E-state index is 3.22. The number of hydrogen-bond donors (Lipinski definition) is 2. The van der Waals surface area contributed by atoms with Crippen molar-refractivity contribution >= 4 is 15.9 Å². The van der Waals surface area contributed by atoms with Gasteiger partial charge in [-0.15, -0.1) is 0 Å². The van der Waals surface area contributed by atoms with Crippen molar-refractivity contribution in [1.29, 1.82) is 0 Å². The van der Waals surface area contributed by atoms with E-state index in [1.807, 2.05) is 18.4 Å². The van der Waals surface area contributed by atoms with Gasteiger partial charge in [0.15, 0.2) is 0 Å². The molecule has 1 rings (SSSR count). The molecule has 0 saturated carbocycles. The third kappa shape index (κ3) is 1.23. The SMILES string of the molecule is BrC1=CC=CNN1. The minimum absolute atomic E-state index is 0.954. The molecule has 0 atom stereocenters. The van der Waals surface area contributed by atoms with Crippen LogP contribution in [0.15, 0.2) is 23.0 Å². The molecule has 0 unspecified atom stereocenters. The van der Waals surface area contributed by atoms with Crippen molar-refractivity contribution in [1.82, 2.24) is 10.9 Å². The van der Waals surface area contributed by atoms with Crippen molar-refractivity contribution in [2.45, 2.75) is 0 Å². The second-order valence-corrected chi connectivity index (χ2v) is 2.00. The summed E-state index contributed by atoms with van der Waals surface area (Å²) < 4.78 is 0.954. The summed E-state index contributed by atoms with van der Waals surface area (Å²) in [6.07, 6.45) is 5.63. The highest BCUT2D eigenvalue weighted by Crippen LogP contribution is 1.99. The average Bonchev–Trinajstić information content (AvgIpc) is 1.69. The number of hydrazine groups is 1. The maximum Gasteiger partial charge on any atom is 0.0966 e. The molecule has 0 aromatic rings. The van der Waals surface area contributed by atoms with E-state index in [9.17, 15) is 0 Å². The molecule has 0 aromatic carbocycles. The fourth-order valence-electron chi connectivity index (χ4n) is 0.333. The van der Waals surface area contributed by atoms with Crippen molar-refractivity contribution in [2.75, 3.05) is 0 Å². The molecule has 0 spiro atoms. The summed E-state index contributed by atoms with van der Waals surface area (Å²) in [5.41, 5.74) is 5.61. The van der Waals surface area contributed by atoms with Gasteiger partial charge in [0.2, 0.25) is 0 Å². The van der Waals surface area contributed by atoms with Gasteiger partial charge in [0.25, 0.3) is 0 Å². The number of halogens is 1. The van der Waals surface area contributed by atoms with E-state index in [4.69, 9.17) is 0 Å². The van der Waals surface area contributed by atoms with E-state index in [2.05, 4.69) is 26.8 Å². The Morgan fingerprint density at radius 3 is 2.71 bits per heavy atom. The molecule has 0 radical (unpaired) electrons. The first-order valence-corrected chi connectivity index (χ1v) is 2.73. The van der Waals surface area contributed by atoms with E-state index in [1.54, 1.807) is 0 Å². The van der Waals surface area contributed by atoms with Crippen molar-refractivity contribution in [3.8, 4) is 0 Å². The van der Waals surface area contributed by atoms with Crippen LogP contribution < -0.4 is 10.9 Å². The molecule has 3 heteroatoms. The maximum absolute atomic E-state index is 3.22. The van der Waals surface area contributed by atoms with E-state index in [0.717, 1.165) is 4.61 Å². The van der Waals surface area contributed by atoms with Crippen LogP contribution in [-0.4, -0.2) is 0 Å². The predicted molar refractivity (Wildman–Crippen MR) is 32.4 cm³/mol. The average molecular weight is 161 g/mol. The van der Waals surface area contributed by atoms with Crippen LogP contribution >= 0.6 is 15.9 Å². The van der Waals surface area contributed by atoms with Crippen molar-refractivity contribution < 1.29 is 0 Å². The molecule has 1 aliphatic rings. The minimum Gasteiger partial charge on any atom is -0.308 e. The second kappa shape index (κ2) is 2.02. The Labute approximate surface area is 50.4 Å². The number of rotatable bonds is 0. The molecule has 0 fully saturated rings. The van der Waals surface area contributed by atoms with Crippen LogP contribution in [0.4, 0.5) is 0 Å². The molecule has 1 heterocycles. The second-order valence-electron chi connectivity index (χ2n) is 1.14. The van der Waals surface area contributed by atoms with Crippen LogP contribution in [0, 0.1) is 0 Å². The Morgan fingerprint density at radius 2 is 2.43 bits per heavy atom. The molecule has 0 aromatic heterocycles. The monoisotopic (exact) mass is 160 g/mol. The third-order valence-corrected chi connectivity index (χ3v) is 1.08. The Hall–Kier alpha value is -0.440. The van der Waals surface area contributed by atoms with Gasteiger partial charge in [0.05, 0.1) is 4.61 Å². The highest BCUT2D eigenvalue weighted by molar-refractivity contribution is 9.11. The fraction of sp³-hybridized carbons (Fsp3) is 0. The fourth-order valence-corrected chi connectivity index (χ4v) is 0.600. The van der Waals surface area contributed by atoms with E-state index in [-0.39, 0.29) is 0 Å². The van der Waals surface area contributed by atoms with Crippen molar-refractivity contribution in [3.63, 3.8) is 0 Å². The summed E-state index contributed by atoms with van der Waals surface area (Å²) >= 11 is 3.22. The summed E-state index contributed by atoms with van der Waals surface area (Å²) in [6, 6.07) is 0. The Bertz CT molecular complexity index is 117. The lowest BCUT2D eigenvalue weighted by atomic mass is 10.5. The van der Waals surface area contributed by atoms with Crippen LogP contribution in [0.2, 0.25) is 0 Å². The minimum atomic E-state index is 0.954. The molecule has 1 aliphatic heterocycles. The van der Waals surface area contributed by atoms with Crippen LogP contribution in [0.1, 0.15) is 0 Å². The van der Waals surface area contributed by atoms with Gasteiger partial charge in [0, 0.05) is 6.20 Å². The van der Waals surface area contributed by atoms with E-state index in [0.29, 0.717) is 0 Å². The normalized spacial score (nSPS) is 17.0. The zero-order chi connectivity index (χ0) is 5.11. The number of allylic oxidation sites excluding steroid dienone is 2. The summed E-state index contributed by atoms with van der Waals surface area (Å²) in [5, 5.41) is 0. The largest absolute Gasteiger partial charge is 0.308 e. The van der Waals surface area contributed by atoms with Gasteiger partial charge in [-0.05, 0) is 28.1 Å². The molecule has 0 aliphatic carbocycles. The summed E-state index contributed by atoms with van der Waals surface area (Å²) in [6.45, 7) is 0. The van der Waals surface area contributed by atoms with Crippen LogP contribution in [0.3, 0.4) is 0 Å². The molecule has 0 amide bonds. The van der Waals surface area contributed by atoms with Crippen molar-refractivity contribution in [3.05, 3.63) is 23.0 Å². The van der Waals surface area contributed by atoms with E-state index in [1.165, 1.54) is 0 Å². The number of hydrogen-bond acceptors (Lipinski definition) is 2. The first-order valence-electron chi connectivity index (χ1n) is 1.93. The first kappa shape index (κ1) is 4.71. The molecule has 38 valence electrons. The molecule has 2 nitrogen and oxygen atoms in total. The van der Waals surface area contributed by atoms with Gasteiger partial charge in [-0.2, -0.15) is 0 Å². The lowest BCUT2D eigenvalue weighted by Crippen LogP contribution is -2.24. The Balaban J connectivity index is 2.57. The molecule has 0 bridgehead atoms. The zero-order valence-electron chi connectivity index (χ0n) is 3.61. The third-order valence-electron chi connectivity index (χ3n) is 0.614. The molecule has 2 N–H and O–H groups in total. The molecule has 0 saturated heterocycles. The standard InChI is InChI=1S/C4H5BrN2/c5-4-2-1-3-6-7-4/h1-3,6-7H. The summed E-state index contributed by atoms with van der Waals surface area (Å²) in [5.74, 6) is 0. The predicted octanol–water partition coefficient (Wildman–Crippen LogP) is 0.844.